The molecule has 3 saturated heterocycles. The number of likely N-dealkylation sites (tertiary alicyclic amines) is 1. The lowest BCUT2D eigenvalue weighted by Gasteiger charge is -2.19. The Hall–Kier alpha value is -2.18. The van der Waals surface area contributed by atoms with Gasteiger partial charge in [0.2, 0.25) is 5.91 Å². The largest absolute Gasteiger partial charge is 0.353 e. The van der Waals surface area contributed by atoms with Crippen LogP contribution in [0.1, 0.15) is 18.0 Å². The SMILES string of the molecule is N#CN1CC2NNC(CNC(=O)C3CC(c4ccccc4)NN3)C2C1. The van der Waals surface area contributed by atoms with Crippen LogP contribution in [-0.2, 0) is 4.79 Å². The van der Waals surface area contributed by atoms with E-state index in [2.05, 4.69) is 45.3 Å². The summed E-state index contributed by atoms with van der Waals surface area (Å²) in [6.07, 6.45) is 2.93. The molecule has 0 spiro atoms. The van der Waals surface area contributed by atoms with Crippen LogP contribution in [0.4, 0.5) is 0 Å². The van der Waals surface area contributed by atoms with Crippen molar-refractivity contribution < 1.29 is 4.79 Å². The van der Waals surface area contributed by atoms with E-state index in [1.165, 1.54) is 5.56 Å². The molecule has 8 nitrogen and oxygen atoms in total. The zero-order valence-electron chi connectivity index (χ0n) is 13.9. The van der Waals surface area contributed by atoms with Crippen molar-refractivity contribution >= 4 is 5.91 Å². The van der Waals surface area contributed by atoms with Gasteiger partial charge < -0.3 is 10.2 Å². The first kappa shape index (κ1) is 16.3. The van der Waals surface area contributed by atoms with Crippen LogP contribution in [0, 0.1) is 17.4 Å². The number of hydrazine groups is 2. The van der Waals surface area contributed by atoms with Crippen molar-refractivity contribution in [1.82, 2.24) is 31.9 Å². The summed E-state index contributed by atoms with van der Waals surface area (Å²) in [4.78, 5) is 14.2. The second-order valence-corrected chi connectivity index (χ2v) is 6.96. The van der Waals surface area contributed by atoms with Gasteiger partial charge in [0.05, 0.1) is 0 Å². The highest BCUT2D eigenvalue weighted by molar-refractivity contribution is 5.82. The highest BCUT2D eigenvalue weighted by Gasteiger charge is 2.42. The molecule has 0 aromatic heterocycles. The predicted molar refractivity (Wildman–Crippen MR) is 91.4 cm³/mol. The summed E-state index contributed by atoms with van der Waals surface area (Å²) in [5, 5.41) is 12.1. The van der Waals surface area contributed by atoms with E-state index in [4.69, 9.17) is 5.26 Å². The summed E-state index contributed by atoms with van der Waals surface area (Å²) in [7, 11) is 0. The number of hydrogen-bond donors (Lipinski definition) is 5. The Kier molecular flexibility index (Phi) is 4.55. The number of rotatable bonds is 4. The molecular weight excluding hydrogens is 318 g/mol. The number of nitrogens with zero attached hydrogens (tertiary/aromatic N) is 2. The molecule has 5 atom stereocenters. The van der Waals surface area contributed by atoms with Crippen molar-refractivity contribution in [3.63, 3.8) is 0 Å². The van der Waals surface area contributed by atoms with Gasteiger partial charge >= 0.3 is 0 Å². The van der Waals surface area contributed by atoms with E-state index in [1.807, 2.05) is 18.2 Å². The third kappa shape index (κ3) is 3.32. The van der Waals surface area contributed by atoms with Gasteiger partial charge in [-0.1, -0.05) is 30.3 Å². The van der Waals surface area contributed by atoms with Gasteiger partial charge in [0, 0.05) is 43.7 Å². The molecule has 3 aliphatic rings. The van der Waals surface area contributed by atoms with Gasteiger partial charge in [0.15, 0.2) is 6.19 Å². The molecule has 0 aliphatic carbocycles. The zero-order chi connectivity index (χ0) is 17.2. The van der Waals surface area contributed by atoms with Crippen molar-refractivity contribution in [1.29, 1.82) is 5.26 Å². The number of nitriles is 1. The molecule has 25 heavy (non-hydrogen) atoms. The molecule has 1 aromatic rings. The normalized spacial score (nSPS) is 33.9. The monoisotopic (exact) mass is 341 g/mol. The molecule has 3 fully saturated rings. The van der Waals surface area contributed by atoms with Crippen LogP contribution < -0.4 is 27.0 Å². The number of hydrogen-bond acceptors (Lipinski definition) is 7. The van der Waals surface area contributed by atoms with Crippen molar-refractivity contribution in [2.75, 3.05) is 19.6 Å². The van der Waals surface area contributed by atoms with Gasteiger partial charge in [-0.2, -0.15) is 5.26 Å². The third-order valence-corrected chi connectivity index (χ3v) is 5.40. The first-order valence-corrected chi connectivity index (χ1v) is 8.74. The Labute approximate surface area is 146 Å². The van der Waals surface area contributed by atoms with Crippen molar-refractivity contribution in [3.05, 3.63) is 35.9 Å². The summed E-state index contributed by atoms with van der Waals surface area (Å²) in [5.74, 6) is 0.345. The predicted octanol–water partition coefficient (Wildman–Crippen LogP) is -1.03. The van der Waals surface area contributed by atoms with Crippen LogP contribution in [0.2, 0.25) is 0 Å². The molecule has 4 rings (SSSR count). The average molecular weight is 341 g/mol. The maximum Gasteiger partial charge on any atom is 0.238 e. The van der Waals surface area contributed by atoms with Crippen LogP contribution in [0.15, 0.2) is 30.3 Å². The topological polar surface area (TPSA) is 104 Å². The van der Waals surface area contributed by atoms with E-state index in [0.717, 1.165) is 19.5 Å². The molecule has 0 bridgehead atoms. The highest BCUT2D eigenvalue weighted by atomic mass is 16.2. The summed E-state index contributed by atoms with van der Waals surface area (Å²) in [5.41, 5.74) is 14.0. The molecule has 3 heterocycles. The van der Waals surface area contributed by atoms with Crippen molar-refractivity contribution in [3.8, 4) is 6.19 Å². The Morgan fingerprint density at radius 2 is 2.04 bits per heavy atom. The lowest BCUT2D eigenvalue weighted by molar-refractivity contribution is -0.123. The van der Waals surface area contributed by atoms with Crippen LogP contribution in [0.3, 0.4) is 0 Å². The maximum absolute atomic E-state index is 12.5. The lowest BCUT2D eigenvalue weighted by Crippen LogP contribution is -2.49. The average Bonchev–Trinajstić information content (AvgIpc) is 3.36. The first-order chi connectivity index (χ1) is 12.2. The van der Waals surface area contributed by atoms with E-state index in [-0.39, 0.29) is 30.1 Å². The minimum Gasteiger partial charge on any atom is -0.353 e. The van der Waals surface area contributed by atoms with Gasteiger partial charge in [-0.25, -0.2) is 10.9 Å². The molecule has 0 radical (unpaired) electrons. The fraction of sp³-hybridized carbons (Fsp3) is 0.529. The number of carbonyl (C=O) groups is 1. The molecule has 132 valence electrons. The first-order valence-electron chi connectivity index (χ1n) is 8.74. The Morgan fingerprint density at radius 1 is 1.20 bits per heavy atom. The molecule has 3 aliphatic heterocycles. The summed E-state index contributed by atoms with van der Waals surface area (Å²) in [6, 6.07) is 10.5. The third-order valence-electron chi connectivity index (χ3n) is 5.40. The van der Waals surface area contributed by atoms with E-state index in [9.17, 15) is 4.79 Å². The number of amides is 1. The summed E-state index contributed by atoms with van der Waals surface area (Å²) >= 11 is 0. The van der Waals surface area contributed by atoms with Gasteiger partial charge in [0.25, 0.3) is 0 Å². The van der Waals surface area contributed by atoms with Crippen LogP contribution in [0.5, 0.6) is 0 Å². The Balaban J connectivity index is 1.27. The highest BCUT2D eigenvalue weighted by Crippen LogP contribution is 2.24. The molecular formula is C17H23N7O. The smallest absolute Gasteiger partial charge is 0.238 e. The van der Waals surface area contributed by atoms with E-state index in [1.54, 1.807) is 4.90 Å². The molecule has 1 aromatic carbocycles. The Morgan fingerprint density at radius 3 is 2.84 bits per heavy atom. The number of fused-ring (bicyclic) bond motifs is 1. The van der Waals surface area contributed by atoms with Crippen molar-refractivity contribution in [2.45, 2.75) is 30.6 Å². The van der Waals surface area contributed by atoms with Gasteiger partial charge in [0.1, 0.15) is 6.04 Å². The summed E-state index contributed by atoms with van der Waals surface area (Å²) in [6.45, 7) is 2.02. The minimum atomic E-state index is -0.241. The number of carbonyl (C=O) groups excluding carboxylic acids is 1. The van der Waals surface area contributed by atoms with Gasteiger partial charge in [-0.3, -0.25) is 15.6 Å². The lowest BCUT2D eigenvalue weighted by atomic mass is 9.97. The zero-order valence-corrected chi connectivity index (χ0v) is 13.9. The second kappa shape index (κ2) is 6.98. The fourth-order valence-electron chi connectivity index (χ4n) is 3.96. The van der Waals surface area contributed by atoms with E-state index < -0.39 is 0 Å². The Bertz CT molecular complexity index is 661. The quantitative estimate of drug-likeness (QED) is 0.446. The van der Waals surface area contributed by atoms with Crippen LogP contribution in [0.25, 0.3) is 0 Å². The van der Waals surface area contributed by atoms with Crippen LogP contribution in [-0.4, -0.2) is 48.6 Å². The number of nitrogens with one attached hydrogen (secondary N) is 5. The second-order valence-electron chi connectivity index (χ2n) is 6.96. The molecule has 5 N–H and O–H groups in total. The van der Waals surface area contributed by atoms with Gasteiger partial charge in [-0.15, -0.1) is 0 Å². The van der Waals surface area contributed by atoms with Crippen molar-refractivity contribution in [2.24, 2.45) is 5.92 Å². The number of benzene rings is 1. The molecule has 5 unspecified atom stereocenters. The standard InChI is InChI=1S/C17H23N7O/c18-10-24-8-12-15(22-23-16(12)9-24)7-19-17(25)14-6-13(20-21-14)11-4-2-1-3-5-11/h1-5,12-16,20-23H,6-9H2,(H,19,25). The molecule has 8 heteroatoms. The van der Waals surface area contributed by atoms with E-state index in [0.29, 0.717) is 12.5 Å². The van der Waals surface area contributed by atoms with E-state index >= 15 is 0 Å². The van der Waals surface area contributed by atoms with Crippen LogP contribution >= 0.6 is 0 Å². The fourth-order valence-corrected chi connectivity index (χ4v) is 3.96. The maximum atomic E-state index is 12.5. The molecule has 0 saturated carbocycles. The molecule has 1 amide bonds. The summed E-state index contributed by atoms with van der Waals surface area (Å²) < 4.78 is 0. The van der Waals surface area contributed by atoms with Gasteiger partial charge in [-0.05, 0) is 12.0 Å². The minimum absolute atomic E-state index is 0.00585.